The first kappa shape index (κ1) is 18.0. The fraction of sp³-hybridized carbons (Fsp3) is 0.364. The third-order valence-corrected chi connectivity index (χ3v) is 7.60. The molecule has 0 unspecified atom stereocenters. The Hall–Kier alpha value is -2.40. The second-order valence-electron chi connectivity index (χ2n) is 7.99. The molecule has 3 aromatic rings. The molecule has 0 radical (unpaired) electrons. The topological polar surface area (TPSA) is 39.9 Å². The van der Waals surface area contributed by atoms with Gasteiger partial charge in [-0.05, 0) is 80.9 Å². The Morgan fingerprint density at radius 1 is 1.04 bits per heavy atom. The van der Waals surface area contributed by atoms with E-state index < -0.39 is 8.48 Å². The van der Waals surface area contributed by atoms with Crippen LogP contribution in [0.3, 0.4) is 0 Å². The predicted molar refractivity (Wildman–Crippen MR) is 112 cm³/mol. The minimum Gasteiger partial charge on any atom is -0.524 e. The summed E-state index contributed by atoms with van der Waals surface area (Å²) in [6.07, 6.45) is 6.06. The van der Waals surface area contributed by atoms with Gasteiger partial charge in [0.1, 0.15) is 11.3 Å². The largest absolute Gasteiger partial charge is 0.524 e. The first-order valence-electron chi connectivity index (χ1n) is 9.79. The molecule has 4 rings (SSSR count). The van der Waals surface area contributed by atoms with Crippen LogP contribution in [-0.4, -0.2) is 23.1 Å². The van der Waals surface area contributed by atoms with Crippen LogP contribution in [0, 0.1) is 0 Å². The van der Waals surface area contributed by atoms with Crippen molar-refractivity contribution in [2.24, 2.45) is 0 Å². The Morgan fingerprint density at radius 3 is 2.63 bits per heavy atom. The number of benzene rings is 2. The normalized spacial score (nSPS) is 18.4. The van der Waals surface area contributed by atoms with Gasteiger partial charge in [-0.1, -0.05) is 41.6 Å². The molecule has 1 aliphatic rings. The van der Waals surface area contributed by atoms with Gasteiger partial charge >= 0.3 is 8.48 Å². The summed E-state index contributed by atoms with van der Waals surface area (Å²) in [4.78, 5) is 0. The fourth-order valence-electron chi connectivity index (χ4n) is 3.99. The maximum Gasteiger partial charge on any atom is 0.377 e. The number of nitrogens with zero attached hydrogens (tertiary/aromatic N) is 3. The van der Waals surface area contributed by atoms with Crippen molar-refractivity contribution in [3.63, 3.8) is 0 Å². The molecule has 1 fully saturated rings. The summed E-state index contributed by atoms with van der Waals surface area (Å²) in [5.74, 6) is 1.55. The molecule has 1 aliphatic carbocycles. The number of fused-ring (bicyclic) bond motifs is 1. The van der Waals surface area contributed by atoms with E-state index in [1.807, 2.05) is 22.5 Å². The summed E-state index contributed by atoms with van der Waals surface area (Å²) in [5, 5.41) is 8.64. The Kier molecular flexibility index (Phi) is 4.87. The van der Waals surface area contributed by atoms with Crippen LogP contribution in [0.4, 0.5) is 0 Å². The number of aromatic nitrogens is 3. The lowest BCUT2D eigenvalue weighted by atomic mass is 9.92. The molecule has 1 saturated carbocycles. The Morgan fingerprint density at radius 2 is 1.81 bits per heavy atom. The third-order valence-electron chi connectivity index (χ3n) is 5.51. The number of allylic oxidation sites excluding steroid dienone is 1. The number of hydrogen-bond acceptors (Lipinski definition) is 3. The zero-order valence-corrected chi connectivity index (χ0v) is 17.2. The van der Waals surface area contributed by atoms with E-state index in [1.165, 1.54) is 36.8 Å². The minimum absolute atomic E-state index is 0.641. The SMILES string of the molecule is C=C1CCC[C@@H](c2ccc(O[Si](C)(C)n3nnc4ccccc43)cc2)CC1. The monoisotopic (exact) mass is 377 g/mol. The van der Waals surface area contributed by atoms with Crippen LogP contribution in [0.25, 0.3) is 11.0 Å². The molecule has 2 aromatic carbocycles. The van der Waals surface area contributed by atoms with Gasteiger partial charge in [0.2, 0.25) is 0 Å². The lowest BCUT2D eigenvalue weighted by Gasteiger charge is -2.24. The standard InChI is InChI=1S/C22H27N3OSi/c1-17-7-6-8-18(12-11-17)19-13-15-20(16-14-19)26-27(2,3)25-22-10-5-4-9-21(22)23-24-25/h4-5,9-10,13-16,18H,1,6-8,11-12H2,2-3H3/t18-/m1/s1. The summed E-state index contributed by atoms with van der Waals surface area (Å²) in [6.45, 7) is 8.48. The molecule has 1 heterocycles. The van der Waals surface area contributed by atoms with E-state index in [1.54, 1.807) is 0 Å². The van der Waals surface area contributed by atoms with Crippen molar-refractivity contribution in [1.82, 2.24) is 14.7 Å². The highest BCUT2D eigenvalue weighted by Crippen LogP contribution is 2.34. The average molecular weight is 378 g/mol. The molecule has 0 aliphatic heterocycles. The van der Waals surface area contributed by atoms with Crippen molar-refractivity contribution >= 4 is 19.5 Å². The molecule has 0 saturated heterocycles. The Balaban J connectivity index is 1.51. The first-order valence-corrected chi connectivity index (χ1v) is 12.6. The molecular weight excluding hydrogens is 350 g/mol. The van der Waals surface area contributed by atoms with Gasteiger partial charge in [0, 0.05) is 0 Å². The molecule has 27 heavy (non-hydrogen) atoms. The highest BCUT2D eigenvalue weighted by atomic mass is 28.4. The van der Waals surface area contributed by atoms with E-state index in [4.69, 9.17) is 4.43 Å². The molecule has 4 nitrogen and oxygen atoms in total. The van der Waals surface area contributed by atoms with Crippen LogP contribution in [0.1, 0.15) is 43.6 Å². The average Bonchev–Trinajstić information content (AvgIpc) is 2.99. The fourth-order valence-corrected chi connectivity index (χ4v) is 5.81. The van der Waals surface area contributed by atoms with Gasteiger partial charge in [0.15, 0.2) is 0 Å². The summed E-state index contributed by atoms with van der Waals surface area (Å²) < 4.78 is 8.40. The van der Waals surface area contributed by atoms with Gasteiger partial charge in [-0.25, -0.2) is 4.35 Å². The van der Waals surface area contributed by atoms with E-state index in [9.17, 15) is 0 Å². The highest BCUT2D eigenvalue weighted by molar-refractivity contribution is 6.70. The smallest absolute Gasteiger partial charge is 0.377 e. The van der Waals surface area contributed by atoms with Crippen LogP contribution >= 0.6 is 0 Å². The molecule has 1 aromatic heterocycles. The van der Waals surface area contributed by atoms with Crippen LogP contribution in [0.5, 0.6) is 5.75 Å². The molecule has 140 valence electrons. The van der Waals surface area contributed by atoms with E-state index in [-0.39, 0.29) is 0 Å². The number of rotatable bonds is 4. The summed E-state index contributed by atoms with van der Waals surface area (Å²) >= 11 is 0. The van der Waals surface area contributed by atoms with Crippen molar-refractivity contribution in [3.8, 4) is 5.75 Å². The quantitative estimate of drug-likeness (QED) is 0.334. The summed E-state index contributed by atoms with van der Waals surface area (Å²) in [7, 11) is -2.28. The zero-order valence-electron chi connectivity index (χ0n) is 16.2. The minimum atomic E-state index is -2.28. The van der Waals surface area contributed by atoms with E-state index in [0.717, 1.165) is 23.2 Å². The van der Waals surface area contributed by atoms with Crippen molar-refractivity contribution in [2.45, 2.75) is 51.1 Å². The van der Waals surface area contributed by atoms with E-state index >= 15 is 0 Å². The first-order chi connectivity index (χ1) is 13.0. The second kappa shape index (κ2) is 7.31. The third kappa shape index (κ3) is 3.83. The maximum atomic E-state index is 6.42. The van der Waals surface area contributed by atoms with Crippen LogP contribution in [0.15, 0.2) is 60.7 Å². The van der Waals surface area contributed by atoms with Crippen LogP contribution in [-0.2, 0) is 0 Å². The van der Waals surface area contributed by atoms with E-state index in [0.29, 0.717) is 5.92 Å². The van der Waals surface area contributed by atoms with Crippen LogP contribution in [0.2, 0.25) is 13.1 Å². The zero-order chi connectivity index (χ0) is 18.9. The van der Waals surface area contributed by atoms with Gasteiger partial charge in [-0.2, -0.15) is 0 Å². The molecule has 0 bridgehead atoms. The Bertz CT molecular complexity index is 946. The van der Waals surface area contributed by atoms with Gasteiger partial charge < -0.3 is 4.43 Å². The summed E-state index contributed by atoms with van der Waals surface area (Å²) in [6, 6.07) is 16.7. The van der Waals surface area contributed by atoms with Gasteiger partial charge in [0.25, 0.3) is 0 Å². The highest BCUT2D eigenvalue weighted by Gasteiger charge is 2.31. The molecule has 0 N–H and O–H groups in total. The second-order valence-corrected chi connectivity index (χ2v) is 11.5. The van der Waals surface area contributed by atoms with E-state index in [2.05, 4.69) is 60.3 Å². The number of para-hydroxylation sites is 1. The lowest BCUT2D eigenvalue weighted by molar-refractivity contribution is 0.521. The molecule has 5 heteroatoms. The molecular formula is C22H27N3OSi. The van der Waals surface area contributed by atoms with Crippen molar-refractivity contribution < 1.29 is 4.43 Å². The lowest BCUT2D eigenvalue weighted by Crippen LogP contribution is -2.44. The van der Waals surface area contributed by atoms with Crippen molar-refractivity contribution in [3.05, 3.63) is 66.2 Å². The van der Waals surface area contributed by atoms with Crippen LogP contribution < -0.4 is 4.43 Å². The Labute approximate surface area is 162 Å². The van der Waals surface area contributed by atoms with Gasteiger partial charge in [-0.3, -0.25) is 0 Å². The molecule has 0 spiro atoms. The number of hydrogen-bond donors (Lipinski definition) is 0. The molecule has 0 amide bonds. The van der Waals surface area contributed by atoms with Crippen molar-refractivity contribution in [1.29, 1.82) is 0 Å². The van der Waals surface area contributed by atoms with Crippen molar-refractivity contribution in [2.75, 3.05) is 0 Å². The summed E-state index contributed by atoms with van der Waals surface area (Å²) in [5.41, 5.74) is 4.77. The van der Waals surface area contributed by atoms with Gasteiger partial charge in [-0.15, -0.1) is 5.10 Å². The maximum absolute atomic E-state index is 6.42. The molecule has 1 atom stereocenters. The predicted octanol–water partition coefficient (Wildman–Crippen LogP) is 5.66. The van der Waals surface area contributed by atoms with Gasteiger partial charge in [0.05, 0.1) is 5.52 Å².